The fourth-order valence-electron chi connectivity index (χ4n) is 3.59. The van der Waals surface area contributed by atoms with Gasteiger partial charge in [-0.1, -0.05) is 17.7 Å². The van der Waals surface area contributed by atoms with Crippen LogP contribution in [0.15, 0.2) is 35.5 Å². The molecule has 0 amide bonds. The van der Waals surface area contributed by atoms with Crippen LogP contribution in [-0.2, 0) is 12.8 Å². The van der Waals surface area contributed by atoms with Gasteiger partial charge < -0.3 is 4.74 Å². The highest BCUT2D eigenvalue weighted by Crippen LogP contribution is 2.41. The Morgan fingerprint density at radius 2 is 1.85 bits per heavy atom. The van der Waals surface area contributed by atoms with Gasteiger partial charge in [-0.15, -0.1) is 0 Å². The van der Waals surface area contributed by atoms with Crippen LogP contribution in [0.3, 0.4) is 0 Å². The van der Waals surface area contributed by atoms with Crippen molar-refractivity contribution in [2.24, 2.45) is 4.99 Å². The van der Waals surface area contributed by atoms with Crippen molar-refractivity contribution in [3.63, 3.8) is 0 Å². The third-order valence-electron chi connectivity index (χ3n) is 5.89. The molecule has 0 spiro atoms. The number of ether oxygens (including phenoxy) is 1. The number of hydrogen-bond donors (Lipinski definition) is 0. The minimum Gasteiger partial charge on any atom is -0.483 e. The Bertz CT molecular complexity index is 899. The molecule has 0 saturated heterocycles. The van der Waals surface area contributed by atoms with Gasteiger partial charge in [0.25, 0.3) is 0 Å². The third kappa shape index (κ3) is 2.83. The number of aromatic nitrogens is 1. The predicted octanol–water partition coefficient (Wildman–Crippen LogP) is 5.40. The van der Waals surface area contributed by atoms with Gasteiger partial charge in [0.1, 0.15) is 11.4 Å². The molecule has 1 aromatic heterocycles. The maximum Gasteiger partial charge on any atom is 0.148 e. The molecule has 2 heterocycles. The second kappa shape index (κ2) is 6.09. The number of pyridine rings is 1. The van der Waals surface area contributed by atoms with Crippen LogP contribution in [0.1, 0.15) is 62.9 Å². The van der Waals surface area contributed by atoms with Crippen LogP contribution in [0.4, 0.5) is 0 Å². The number of halogens is 1. The summed E-state index contributed by atoms with van der Waals surface area (Å²) in [5.41, 5.74) is 4.58. The van der Waals surface area contributed by atoms with Crippen molar-refractivity contribution in [1.29, 1.82) is 0 Å². The van der Waals surface area contributed by atoms with E-state index in [1.54, 1.807) is 0 Å². The molecule has 3 nitrogen and oxygen atoms in total. The number of rotatable bonds is 1. The Kier molecular flexibility index (Phi) is 4.11. The molecular weight excluding hydrogens is 344 g/mol. The lowest BCUT2D eigenvalue weighted by atomic mass is 9.86. The summed E-state index contributed by atoms with van der Waals surface area (Å²) >= 11 is 6.51. The molecule has 4 rings (SSSR count). The van der Waals surface area contributed by atoms with Crippen LogP contribution >= 0.6 is 11.6 Å². The Morgan fingerprint density at radius 1 is 1.08 bits per heavy atom. The summed E-state index contributed by atoms with van der Waals surface area (Å²) in [4.78, 5) is 9.91. The normalized spacial score (nSPS) is 20.3. The monoisotopic (exact) mass is 368 g/mol. The maximum absolute atomic E-state index is 6.51. The zero-order chi connectivity index (χ0) is 18.5. The summed E-state index contributed by atoms with van der Waals surface area (Å²) in [5.74, 6) is 0.709. The second-order valence-electron chi connectivity index (χ2n) is 8.29. The van der Waals surface area contributed by atoms with Gasteiger partial charge in [-0.05, 0) is 77.1 Å². The molecule has 0 fully saturated rings. The average molecular weight is 369 g/mol. The number of para-hydroxylation sites is 1. The summed E-state index contributed by atoms with van der Waals surface area (Å²) in [6, 6.07) is 8.13. The van der Waals surface area contributed by atoms with Crippen molar-refractivity contribution in [3.05, 3.63) is 57.9 Å². The standard InChI is InChI=1S/C22H25ClN2O/c1-21(2)22(3,4)26-20-16(9-7-10-17(20)23)19(25-21)15-12-14-8-5-6-11-18(14)24-13-15/h7,9-10,12-13H,5-6,8,11H2,1-4H3. The molecule has 0 unspecified atom stereocenters. The number of aliphatic imine (C=N–C) groups is 1. The number of fused-ring (bicyclic) bond motifs is 2. The van der Waals surface area contributed by atoms with E-state index in [2.05, 4.69) is 33.8 Å². The lowest BCUT2D eigenvalue weighted by Crippen LogP contribution is -2.48. The highest BCUT2D eigenvalue weighted by atomic mass is 35.5. The van der Waals surface area contributed by atoms with E-state index in [0.29, 0.717) is 10.8 Å². The minimum absolute atomic E-state index is 0.416. The molecule has 1 aliphatic heterocycles. The fraction of sp³-hybridized carbons (Fsp3) is 0.455. The molecule has 26 heavy (non-hydrogen) atoms. The highest BCUT2D eigenvalue weighted by molar-refractivity contribution is 6.33. The van der Waals surface area contributed by atoms with Gasteiger partial charge >= 0.3 is 0 Å². The average Bonchev–Trinajstić information content (AvgIpc) is 2.68. The predicted molar refractivity (Wildman–Crippen MR) is 107 cm³/mol. The molecule has 136 valence electrons. The van der Waals surface area contributed by atoms with Gasteiger partial charge in [-0.3, -0.25) is 9.98 Å². The van der Waals surface area contributed by atoms with Gasteiger partial charge in [0.15, 0.2) is 0 Å². The van der Waals surface area contributed by atoms with Gasteiger partial charge in [0.05, 0.1) is 16.3 Å². The van der Waals surface area contributed by atoms with Crippen molar-refractivity contribution >= 4 is 17.3 Å². The molecular formula is C22H25ClN2O. The van der Waals surface area contributed by atoms with Crippen LogP contribution in [-0.4, -0.2) is 21.8 Å². The second-order valence-corrected chi connectivity index (χ2v) is 8.69. The van der Waals surface area contributed by atoms with E-state index < -0.39 is 11.1 Å². The van der Waals surface area contributed by atoms with Crippen LogP contribution < -0.4 is 4.74 Å². The van der Waals surface area contributed by atoms with Crippen LogP contribution in [0, 0.1) is 0 Å². The van der Waals surface area contributed by atoms with E-state index in [-0.39, 0.29) is 0 Å². The van der Waals surface area contributed by atoms with Crippen LogP contribution in [0.2, 0.25) is 5.02 Å². The van der Waals surface area contributed by atoms with Crippen molar-refractivity contribution < 1.29 is 4.74 Å². The zero-order valence-corrected chi connectivity index (χ0v) is 16.7. The van der Waals surface area contributed by atoms with Gasteiger partial charge in [-0.25, -0.2) is 0 Å². The Labute approximate surface area is 160 Å². The number of hydrogen-bond acceptors (Lipinski definition) is 3. The van der Waals surface area contributed by atoms with E-state index >= 15 is 0 Å². The largest absolute Gasteiger partial charge is 0.483 e. The minimum atomic E-state index is -0.490. The van der Waals surface area contributed by atoms with E-state index in [4.69, 9.17) is 26.3 Å². The van der Waals surface area contributed by atoms with Crippen molar-refractivity contribution in [2.45, 2.75) is 64.5 Å². The first-order chi connectivity index (χ1) is 12.3. The Hall–Kier alpha value is -1.87. The van der Waals surface area contributed by atoms with Crippen LogP contribution in [0.25, 0.3) is 0 Å². The van der Waals surface area contributed by atoms with Gasteiger partial charge in [-0.2, -0.15) is 0 Å². The molecule has 0 N–H and O–H groups in total. The first kappa shape index (κ1) is 17.5. The molecule has 2 aromatic rings. The first-order valence-corrected chi connectivity index (χ1v) is 9.72. The van der Waals surface area contributed by atoms with Gasteiger partial charge in [0.2, 0.25) is 0 Å². The van der Waals surface area contributed by atoms with E-state index in [1.807, 2.05) is 24.4 Å². The van der Waals surface area contributed by atoms with Crippen LogP contribution in [0.5, 0.6) is 5.75 Å². The zero-order valence-electron chi connectivity index (χ0n) is 15.9. The molecule has 1 aliphatic carbocycles. The highest BCUT2D eigenvalue weighted by Gasteiger charge is 2.43. The molecule has 0 saturated carbocycles. The van der Waals surface area contributed by atoms with Crippen molar-refractivity contribution in [2.75, 3.05) is 0 Å². The molecule has 2 aliphatic rings. The number of nitrogens with zero attached hydrogens (tertiary/aromatic N) is 2. The van der Waals surface area contributed by atoms with Crippen molar-refractivity contribution in [1.82, 2.24) is 4.98 Å². The smallest absolute Gasteiger partial charge is 0.148 e. The number of aryl methyl sites for hydroxylation is 2. The summed E-state index contributed by atoms with van der Waals surface area (Å²) < 4.78 is 6.39. The lowest BCUT2D eigenvalue weighted by molar-refractivity contribution is 0.0442. The summed E-state index contributed by atoms with van der Waals surface area (Å²) in [5, 5.41) is 0.617. The van der Waals surface area contributed by atoms with E-state index in [1.165, 1.54) is 24.1 Å². The van der Waals surface area contributed by atoms with E-state index in [9.17, 15) is 0 Å². The molecule has 0 bridgehead atoms. The van der Waals surface area contributed by atoms with Gasteiger partial charge in [0, 0.05) is 23.0 Å². The van der Waals surface area contributed by atoms with E-state index in [0.717, 1.165) is 29.7 Å². The van der Waals surface area contributed by atoms with Crippen molar-refractivity contribution in [3.8, 4) is 5.75 Å². The molecule has 0 radical (unpaired) electrons. The lowest BCUT2D eigenvalue weighted by Gasteiger charge is -2.37. The summed E-state index contributed by atoms with van der Waals surface area (Å²) in [6.07, 6.45) is 6.59. The SMILES string of the molecule is CC1(C)N=C(c2cnc3c(c2)CCCC3)c2cccc(Cl)c2OC1(C)C. The Morgan fingerprint density at radius 3 is 2.65 bits per heavy atom. The Balaban J connectivity index is 1.94. The molecule has 1 aromatic carbocycles. The maximum atomic E-state index is 6.51. The third-order valence-corrected chi connectivity index (χ3v) is 6.18. The molecule has 0 atom stereocenters. The topological polar surface area (TPSA) is 34.5 Å². The summed E-state index contributed by atoms with van der Waals surface area (Å²) in [6.45, 7) is 8.35. The quantitative estimate of drug-likeness (QED) is 0.675. The number of benzene rings is 1. The first-order valence-electron chi connectivity index (χ1n) is 9.34. The summed E-state index contributed by atoms with van der Waals surface area (Å²) in [7, 11) is 0. The fourth-order valence-corrected chi connectivity index (χ4v) is 3.80. The molecule has 4 heteroatoms.